The molecule has 4 nitrogen and oxygen atoms in total. The van der Waals surface area contributed by atoms with Crippen molar-refractivity contribution in [2.24, 2.45) is 0 Å². The number of carbonyl (C=O) groups is 2. The number of ether oxygens (including phenoxy) is 1. The van der Waals surface area contributed by atoms with Crippen LogP contribution >= 0.6 is 23.2 Å². The lowest BCUT2D eigenvalue weighted by Crippen LogP contribution is -2.37. The first-order chi connectivity index (χ1) is 12.9. The minimum atomic E-state index is -1.04. The normalized spacial score (nSPS) is 15.4. The molecule has 0 saturated heterocycles. The van der Waals surface area contributed by atoms with E-state index in [-0.39, 0.29) is 0 Å². The number of benzene rings is 2. The Morgan fingerprint density at radius 2 is 1.81 bits per heavy atom. The van der Waals surface area contributed by atoms with Gasteiger partial charge in [0.25, 0.3) is 5.91 Å². The van der Waals surface area contributed by atoms with Gasteiger partial charge in [-0.3, -0.25) is 9.59 Å². The lowest BCUT2D eigenvalue weighted by molar-refractivity contribution is -0.153. The predicted octanol–water partition coefficient (Wildman–Crippen LogP) is 5.13. The zero-order chi connectivity index (χ0) is 19.4. The Hall–Kier alpha value is -2.11. The molecule has 27 heavy (non-hydrogen) atoms. The Labute approximate surface area is 166 Å². The predicted molar refractivity (Wildman–Crippen MR) is 103 cm³/mol. The van der Waals surface area contributed by atoms with E-state index in [0.29, 0.717) is 34.1 Å². The number of carbonyl (C=O) groups excluding carboxylic acids is 2. The molecule has 0 spiro atoms. The van der Waals surface area contributed by atoms with Crippen molar-refractivity contribution in [1.82, 2.24) is 0 Å². The summed E-state index contributed by atoms with van der Waals surface area (Å²) in [6.07, 6.45) is 2.59. The maximum Gasteiger partial charge on any atom is 0.317 e. The van der Waals surface area contributed by atoms with E-state index in [0.717, 1.165) is 12.8 Å². The maximum atomic E-state index is 14.3. The van der Waals surface area contributed by atoms with E-state index in [1.54, 1.807) is 30.3 Å². The van der Waals surface area contributed by atoms with Gasteiger partial charge in [0.15, 0.2) is 6.61 Å². The van der Waals surface area contributed by atoms with E-state index in [1.165, 1.54) is 12.1 Å². The van der Waals surface area contributed by atoms with Crippen LogP contribution in [-0.4, -0.2) is 18.5 Å². The quantitative estimate of drug-likeness (QED) is 0.696. The van der Waals surface area contributed by atoms with Crippen LogP contribution in [0.5, 0.6) is 0 Å². The Morgan fingerprint density at radius 3 is 2.52 bits per heavy atom. The zero-order valence-electron chi connectivity index (χ0n) is 14.4. The number of rotatable bonds is 5. The molecule has 0 radical (unpaired) electrons. The standard InChI is InChI=1S/C20H18Cl2FNO3/c21-13-7-8-15(22)17(11-13)24-18(25)12-27-19(26)20(9-3-4-10-20)14-5-1-2-6-16(14)23/h1-2,5-8,11H,3-4,9-10,12H2,(H,24,25). The van der Waals surface area contributed by atoms with Crippen LogP contribution in [-0.2, 0) is 19.7 Å². The van der Waals surface area contributed by atoms with E-state index < -0.39 is 29.7 Å². The van der Waals surface area contributed by atoms with Crippen LogP contribution in [0, 0.1) is 5.82 Å². The van der Waals surface area contributed by atoms with Crippen molar-refractivity contribution in [2.75, 3.05) is 11.9 Å². The molecule has 0 aromatic heterocycles. The highest BCUT2D eigenvalue weighted by Crippen LogP contribution is 2.43. The van der Waals surface area contributed by atoms with Gasteiger partial charge in [-0.05, 0) is 37.1 Å². The molecule has 0 heterocycles. The van der Waals surface area contributed by atoms with Gasteiger partial charge in [0.2, 0.25) is 0 Å². The maximum absolute atomic E-state index is 14.3. The SMILES string of the molecule is O=C(COC(=O)C1(c2ccccc2F)CCCC1)Nc1cc(Cl)ccc1Cl. The Bertz CT molecular complexity index is 866. The molecular formula is C20H18Cl2FNO3. The van der Waals surface area contributed by atoms with Gasteiger partial charge < -0.3 is 10.1 Å². The fraction of sp³-hybridized carbons (Fsp3) is 0.300. The number of hydrogen-bond donors (Lipinski definition) is 1. The topological polar surface area (TPSA) is 55.4 Å². The summed E-state index contributed by atoms with van der Waals surface area (Å²) in [6.45, 7) is -0.488. The Balaban J connectivity index is 1.69. The molecule has 1 aliphatic carbocycles. The molecule has 7 heteroatoms. The van der Waals surface area contributed by atoms with Crippen LogP contribution < -0.4 is 5.32 Å². The molecule has 1 aliphatic rings. The monoisotopic (exact) mass is 409 g/mol. The molecule has 0 atom stereocenters. The molecular weight excluding hydrogens is 392 g/mol. The average Bonchev–Trinajstić information content (AvgIpc) is 3.14. The van der Waals surface area contributed by atoms with Crippen molar-refractivity contribution < 1.29 is 18.7 Å². The zero-order valence-corrected chi connectivity index (χ0v) is 15.9. The molecule has 0 aliphatic heterocycles. The van der Waals surface area contributed by atoms with E-state index in [9.17, 15) is 14.0 Å². The second kappa shape index (κ2) is 8.28. The van der Waals surface area contributed by atoms with Gasteiger partial charge >= 0.3 is 5.97 Å². The van der Waals surface area contributed by atoms with E-state index >= 15 is 0 Å². The van der Waals surface area contributed by atoms with Crippen molar-refractivity contribution in [1.29, 1.82) is 0 Å². The van der Waals surface area contributed by atoms with Gasteiger partial charge in [0.1, 0.15) is 5.82 Å². The first-order valence-corrected chi connectivity index (χ1v) is 9.35. The summed E-state index contributed by atoms with van der Waals surface area (Å²) in [5, 5.41) is 3.28. The first kappa shape index (κ1) is 19.6. The van der Waals surface area contributed by atoms with Gasteiger partial charge in [0, 0.05) is 10.6 Å². The number of hydrogen-bond acceptors (Lipinski definition) is 3. The number of halogens is 3. The summed E-state index contributed by atoms with van der Waals surface area (Å²) in [6, 6.07) is 10.9. The molecule has 3 rings (SSSR count). The lowest BCUT2D eigenvalue weighted by Gasteiger charge is -2.27. The van der Waals surface area contributed by atoms with Crippen LogP contribution in [0.1, 0.15) is 31.2 Å². The van der Waals surface area contributed by atoms with Crippen LogP contribution in [0.2, 0.25) is 10.0 Å². The third-order valence-corrected chi connectivity index (χ3v) is 5.34. The number of amides is 1. The average molecular weight is 410 g/mol. The van der Waals surface area contributed by atoms with E-state index in [2.05, 4.69) is 5.32 Å². The molecule has 1 N–H and O–H groups in total. The Kier molecular flexibility index (Phi) is 6.02. The number of anilines is 1. The molecule has 0 bridgehead atoms. The highest BCUT2D eigenvalue weighted by atomic mass is 35.5. The van der Waals surface area contributed by atoms with Crippen molar-refractivity contribution >= 4 is 40.8 Å². The molecule has 2 aromatic carbocycles. The molecule has 1 amide bonds. The highest BCUT2D eigenvalue weighted by Gasteiger charge is 2.45. The van der Waals surface area contributed by atoms with Gasteiger partial charge in [-0.25, -0.2) is 4.39 Å². The molecule has 1 fully saturated rings. The molecule has 1 saturated carbocycles. The number of esters is 1. The summed E-state index contributed by atoms with van der Waals surface area (Å²) in [5.41, 5.74) is -0.389. The van der Waals surface area contributed by atoms with Gasteiger partial charge in [0.05, 0.1) is 16.1 Å². The smallest absolute Gasteiger partial charge is 0.317 e. The summed E-state index contributed by atoms with van der Waals surface area (Å²) in [4.78, 5) is 24.9. The minimum absolute atomic E-state index is 0.317. The largest absolute Gasteiger partial charge is 0.455 e. The van der Waals surface area contributed by atoms with Crippen LogP contribution in [0.4, 0.5) is 10.1 Å². The molecule has 142 valence electrons. The fourth-order valence-corrected chi connectivity index (χ4v) is 3.80. The molecule has 2 aromatic rings. The first-order valence-electron chi connectivity index (χ1n) is 8.59. The van der Waals surface area contributed by atoms with Crippen molar-refractivity contribution in [3.05, 3.63) is 63.9 Å². The van der Waals surface area contributed by atoms with E-state index in [4.69, 9.17) is 27.9 Å². The minimum Gasteiger partial charge on any atom is -0.455 e. The van der Waals surface area contributed by atoms with Gasteiger partial charge in [-0.1, -0.05) is 54.2 Å². The lowest BCUT2D eigenvalue weighted by atomic mass is 9.78. The summed E-state index contributed by atoms with van der Waals surface area (Å²) in [7, 11) is 0. The van der Waals surface area contributed by atoms with Crippen molar-refractivity contribution in [3.63, 3.8) is 0 Å². The van der Waals surface area contributed by atoms with Gasteiger partial charge in [-0.2, -0.15) is 0 Å². The van der Waals surface area contributed by atoms with Crippen molar-refractivity contribution in [2.45, 2.75) is 31.1 Å². The second-order valence-electron chi connectivity index (χ2n) is 6.52. The summed E-state index contributed by atoms with van der Waals surface area (Å²) in [5.74, 6) is -1.57. The molecule has 0 unspecified atom stereocenters. The summed E-state index contributed by atoms with van der Waals surface area (Å²) < 4.78 is 19.6. The third kappa shape index (κ3) is 4.25. The second-order valence-corrected chi connectivity index (χ2v) is 7.36. The highest BCUT2D eigenvalue weighted by molar-refractivity contribution is 6.35. The van der Waals surface area contributed by atoms with Crippen LogP contribution in [0.15, 0.2) is 42.5 Å². The summed E-state index contributed by atoms with van der Waals surface area (Å²) >= 11 is 11.9. The number of nitrogens with one attached hydrogen (secondary N) is 1. The van der Waals surface area contributed by atoms with Gasteiger partial charge in [-0.15, -0.1) is 0 Å². The third-order valence-electron chi connectivity index (χ3n) is 4.77. The van der Waals surface area contributed by atoms with Crippen molar-refractivity contribution in [3.8, 4) is 0 Å². The van der Waals surface area contributed by atoms with Crippen LogP contribution in [0.3, 0.4) is 0 Å². The fourth-order valence-electron chi connectivity index (χ4n) is 3.46. The van der Waals surface area contributed by atoms with Crippen LogP contribution in [0.25, 0.3) is 0 Å². The van der Waals surface area contributed by atoms with E-state index in [1.807, 2.05) is 0 Å². The Morgan fingerprint density at radius 1 is 1.11 bits per heavy atom.